The average Bonchev–Trinajstić information content (AvgIpc) is 2.84. The van der Waals surface area contributed by atoms with Crippen molar-refractivity contribution in [1.82, 2.24) is 14.9 Å². The molecular weight excluding hydrogens is 246 g/mol. The Morgan fingerprint density at radius 2 is 1.78 bits per heavy atom. The predicted octanol–water partition coefficient (Wildman–Crippen LogP) is 3.29. The number of rotatable bonds is 2. The smallest absolute Gasteiger partial charge is 0.147 e. The molecule has 3 rings (SSSR count). The quantitative estimate of drug-likeness (QED) is 0.822. The van der Waals surface area contributed by atoms with Gasteiger partial charge in [0.2, 0.25) is 0 Å². The third kappa shape index (κ3) is 2.67. The largest absolute Gasteiger partial charge is 0.297 e. The highest BCUT2D eigenvalue weighted by atomic mass is 35.5. The molecule has 98 valence electrons. The fourth-order valence-corrected chi connectivity index (χ4v) is 3.56. The van der Waals surface area contributed by atoms with Crippen LogP contribution >= 0.6 is 11.6 Å². The van der Waals surface area contributed by atoms with Crippen LogP contribution in [0.1, 0.15) is 44.2 Å². The highest BCUT2D eigenvalue weighted by molar-refractivity contribution is 6.29. The van der Waals surface area contributed by atoms with Crippen molar-refractivity contribution in [1.29, 1.82) is 0 Å². The van der Waals surface area contributed by atoms with Crippen molar-refractivity contribution in [3.8, 4) is 0 Å². The van der Waals surface area contributed by atoms with Crippen LogP contribution in [-0.4, -0.2) is 28.0 Å². The third-order valence-electron chi connectivity index (χ3n) is 4.64. The van der Waals surface area contributed by atoms with Crippen molar-refractivity contribution in [3.63, 3.8) is 0 Å². The first-order valence-electron chi connectivity index (χ1n) is 6.95. The highest BCUT2D eigenvalue weighted by Crippen LogP contribution is 2.46. The minimum Gasteiger partial charge on any atom is -0.297 e. The Balaban J connectivity index is 1.55. The van der Waals surface area contributed by atoms with E-state index in [1.165, 1.54) is 51.6 Å². The van der Waals surface area contributed by atoms with Crippen LogP contribution in [0.5, 0.6) is 0 Å². The van der Waals surface area contributed by atoms with Crippen LogP contribution in [0.2, 0.25) is 5.15 Å². The number of hydrogen-bond donors (Lipinski definition) is 0. The first-order chi connectivity index (χ1) is 8.76. The van der Waals surface area contributed by atoms with E-state index in [0.29, 0.717) is 10.6 Å². The van der Waals surface area contributed by atoms with Crippen LogP contribution in [0, 0.1) is 5.41 Å². The number of aromatic nitrogens is 2. The molecule has 0 aromatic carbocycles. The molecule has 2 heterocycles. The fourth-order valence-electron chi connectivity index (χ4n) is 3.46. The molecule has 4 heteroatoms. The Morgan fingerprint density at radius 1 is 1.06 bits per heavy atom. The molecule has 3 nitrogen and oxygen atoms in total. The van der Waals surface area contributed by atoms with Crippen LogP contribution in [-0.2, 0) is 6.54 Å². The van der Waals surface area contributed by atoms with E-state index in [9.17, 15) is 0 Å². The maximum atomic E-state index is 5.75. The summed E-state index contributed by atoms with van der Waals surface area (Å²) < 4.78 is 0. The molecule has 1 saturated heterocycles. The van der Waals surface area contributed by atoms with Crippen LogP contribution in [0.3, 0.4) is 0 Å². The van der Waals surface area contributed by atoms with E-state index in [4.69, 9.17) is 11.6 Å². The first-order valence-corrected chi connectivity index (χ1v) is 7.32. The monoisotopic (exact) mass is 265 g/mol. The van der Waals surface area contributed by atoms with Crippen LogP contribution in [0.15, 0.2) is 12.4 Å². The Hall–Kier alpha value is -0.670. The summed E-state index contributed by atoms with van der Waals surface area (Å²) in [7, 11) is 0. The number of nitrogens with zero attached hydrogens (tertiary/aromatic N) is 3. The van der Waals surface area contributed by atoms with Gasteiger partial charge in [0, 0.05) is 6.54 Å². The number of likely N-dealkylation sites (tertiary alicyclic amines) is 1. The Kier molecular flexibility index (Phi) is 3.53. The van der Waals surface area contributed by atoms with Gasteiger partial charge in [-0.2, -0.15) is 0 Å². The topological polar surface area (TPSA) is 29.0 Å². The maximum Gasteiger partial charge on any atom is 0.147 e. The van der Waals surface area contributed by atoms with E-state index in [1.807, 2.05) is 0 Å². The van der Waals surface area contributed by atoms with Gasteiger partial charge in [0.05, 0.1) is 18.1 Å². The number of hydrogen-bond acceptors (Lipinski definition) is 3. The summed E-state index contributed by atoms with van der Waals surface area (Å²) in [6.07, 6.45) is 12.0. The zero-order chi connectivity index (χ0) is 12.4. The van der Waals surface area contributed by atoms with Crippen LogP contribution in [0.4, 0.5) is 0 Å². The Bertz CT molecular complexity index is 388. The minimum atomic E-state index is 0.474. The Morgan fingerprint density at radius 3 is 2.39 bits per heavy atom. The third-order valence-corrected chi connectivity index (χ3v) is 4.84. The highest BCUT2D eigenvalue weighted by Gasteiger charge is 2.36. The molecule has 1 spiro atoms. The molecule has 1 saturated carbocycles. The van der Waals surface area contributed by atoms with Gasteiger partial charge in [0.15, 0.2) is 0 Å². The number of piperidine rings is 1. The molecule has 0 unspecified atom stereocenters. The lowest BCUT2D eigenvalue weighted by atomic mass is 9.77. The lowest BCUT2D eigenvalue weighted by molar-refractivity contribution is 0.102. The van der Waals surface area contributed by atoms with Gasteiger partial charge < -0.3 is 0 Å². The standard InChI is InChI=1S/C14H20ClN3/c15-13-10-16-12(9-17-13)11-18-7-5-14(6-8-18)3-1-2-4-14/h9-10H,1-8,11H2. The lowest BCUT2D eigenvalue weighted by Crippen LogP contribution is -2.38. The summed E-state index contributed by atoms with van der Waals surface area (Å²) in [6.45, 7) is 3.34. The van der Waals surface area contributed by atoms with Crippen molar-refractivity contribution in [2.75, 3.05) is 13.1 Å². The molecule has 2 aliphatic rings. The summed E-state index contributed by atoms with van der Waals surface area (Å²) in [5.74, 6) is 0. The molecule has 1 aromatic heterocycles. The SMILES string of the molecule is Clc1cnc(CN2CCC3(CCCC3)CC2)cn1. The van der Waals surface area contributed by atoms with E-state index in [-0.39, 0.29) is 0 Å². The molecule has 0 radical (unpaired) electrons. The summed E-state index contributed by atoms with van der Waals surface area (Å²) >= 11 is 5.75. The second-order valence-electron chi connectivity index (χ2n) is 5.81. The fraction of sp³-hybridized carbons (Fsp3) is 0.714. The maximum absolute atomic E-state index is 5.75. The molecule has 2 fully saturated rings. The summed E-state index contributed by atoms with van der Waals surface area (Å²) in [5, 5.41) is 0.474. The van der Waals surface area contributed by atoms with Gasteiger partial charge in [-0.3, -0.25) is 9.88 Å². The van der Waals surface area contributed by atoms with Gasteiger partial charge in [-0.15, -0.1) is 0 Å². The van der Waals surface area contributed by atoms with Crippen LogP contribution in [0.25, 0.3) is 0 Å². The average molecular weight is 266 g/mol. The van der Waals surface area contributed by atoms with Gasteiger partial charge in [-0.05, 0) is 44.2 Å². The number of halogens is 1. The van der Waals surface area contributed by atoms with Crippen molar-refractivity contribution >= 4 is 11.6 Å². The van der Waals surface area contributed by atoms with Crippen LogP contribution < -0.4 is 0 Å². The molecule has 0 N–H and O–H groups in total. The lowest BCUT2D eigenvalue weighted by Gasteiger charge is -2.39. The van der Waals surface area contributed by atoms with Gasteiger partial charge in [0.1, 0.15) is 5.15 Å². The summed E-state index contributed by atoms with van der Waals surface area (Å²) in [6, 6.07) is 0. The molecule has 1 aromatic rings. The molecule has 0 atom stereocenters. The van der Waals surface area contributed by atoms with E-state index >= 15 is 0 Å². The Labute approximate surface area is 114 Å². The first kappa shape index (κ1) is 12.4. The van der Waals surface area contributed by atoms with Gasteiger partial charge in [-0.25, -0.2) is 4.98 Å². The van der Waals surface area contributed by atoms with Crippen molar-refractivity contribution < 1.29 is 0 Å². The van der Waals surface area contributed by atoms with Gasteiger partial charge in [0.25, 0.3) is 0 Å². The van der Waals surface area contributed by atoms with Crippen molar-refractivity contribution in [2.24, 2.45) is 5.41 Å². The van der Waals surface area contributed by atoms with E-state index in [0.717, 1.165) is 12.2 Å². The summed E-state index contributed by atoms with van der Waals surface area (Å²) in [5.41, 5.74) is 1.73. The van der Waals surface area contributed by atoms with E-state index in [1.54, 1.807) is 12.4 Å². The summed E-state index contributed by atoms with van der Waals surface area (Å²) in [4.78, 5) is 10.9. The molecule has 1 aliphatic carbocycles. The molecule has 0 bridgehead atoms. The van der Waals surface area contributed by atoms with Crippen molar-refractivity contribution in [3.05, 3.63) is 23.2 Å². The normalized spacial score (nSPS) is 23.6. The molecule has 18 heavy (non-hydrogen) atoms. The second kappa shape index (κ2) is 5.14. The zero-order valence-corrected chi connectivity index (χ0v) is 11.5. The zero-order valence-electron chi connectivity index (χ0n) is 10.7. The second-order valence-corrected chi connectivity index (χ2v) is 6.20. The van der Waals surface area contributed by atoms with E-state index < -0.39 is 0 Å². The van der Waals surface area contributed by atoms with Gasteiger partial charge >= 0.3 is 0 Å². The van der Waals surface area contributed by atoms with Gasteiger partial charge in [-0.1, -0.05) is 24.4 Å². The van der Waals surface area contributed by atoms with E-state index in [2.05, 4.69) is 14.9 Å². The molecule has 1 aliphatic heterocycles. The minimum absolute atomic E-state index is 0.474. The predicted molar refractivity (Wildman–Crippen MR) is 72.5 cm³/mol. The van der Waals surface area contributed by atoms with Crippen molar-refractivity contribution in [2.45, 2.75) is 45.1 Å². The molecular formula is C14H20ClN3. The molecule has 0 amide bonds.